The Labute approximate surface area is 182 Å². The minimum absolute atomic E-state index is 0.0625. The fourth-order valence-corrected chi connectivity index (χ4v) is 5.80. The number of carbonyl (C=O) groups excluding carboxylic acids is 2. The highest BCUT2D eigenvalue weighted by molar-refractivity contribution is 5.87. The first-order valence-corrected chi connectivity index (χ1v) is 10.9. The van der Waals surface area contributed by atoms with Crippen molar-refractivity contribution in [2.75, 3.05) is 13.1 Å². The summed E-state index contributed by atoms with van der Waals surface area (Å²) >= 11 is 0. The summed E-state index contributed by atoms with van der Waals surface area (Å²) < 4.78 is 0. The lowest BCUT2D eigenvalue weighted by molar-refractivity contribution is -0.141. The van der Waals surface area contributed by atoms with Crippen LogP contribution in [0.15, 0.2) is 24.3 Å². The molecule has 8 heteroatoms. The molecule has 1 aromatic rings. The minimum Gasteiger partial charge on any atom is -0.330 e. The van der Waals surface area contributed by atoms with E-state index in [4.69, 9.17) is 12.3 Å². The number of nitrogens with two attached hydrogens (primary N) is 1. The molecule has 3 saturated heterocycles. The monoisotopic (exact) mass is 418 g/mol. The number of amides is 2. The molecule has 1 unspecified atom stereocenters. The summed E-state index contributed by atoms with van der Waals surface area (Å²) in [6.07, 6.45) is 2.49. The van der Waals surface area contributed by atoms with Crippen LogP contribution in [-0.4, -0.2) is 69.8 Å². The number of rotatable bonds is 5. The lowest BCUT2D eigenvalue weighted by Crippen LogP contribution is -2.57. The van der Waals surface area contributed by atoms with Crippen LogP contribution in [0.1, 0.15) is 37.8 Å². The Balaban J connectivity index is 1.23. The smallest absolute Gasteiger partial charge is 0.242 e. The number of nitrogens with zero attached hydrogens (tertiary/aromatic N) is 5. The van der Waals surface area contributed by atoms with Crippen molar-refractivity contribution >= 4 is 17.5 Å². The SMILES string of the molecule is [C-]#[N+]c1ccc([C@@H](C)N2C(=O)[C@@H]3C[C@H]2CN3C[C@H](N)C(=O)N2[C@H](C#N)CC3C[C@@H]32)cc1. The van der Waals surface area contributed by atoms with Gasteiger partial charge in [-0.2, -0.15) is 5.26 Å². The summed E-state index contributed by atoms with van der Waals surface area (Å²) in [4.78, 5) is 35.2. The van der Waals surface area contributed by atoms with Crippen LogP contribution in [0.4, 0.5) is 5.69 Å². The van der Waals surface area contributed by atoms with Gasteiger partial charge in [-0.25, -0.2) is 4.85 Å². The Morgan fingerprint density at radius 2 is 2.06 bits per heavy atom. The van der Waals surface area contributed by atoms with Crippen molar-refractivity contribution < 1.29 is 9.59 Å². The van der Waals surface area contributed by atoms with Gasteiger partial charge < -0.3 is 15.5 Å². The Kier molecular flexibility index (Phi) is 4.73. The fraction of sp³-hybridized carbons (Fsp3) is 0.565. The Morgan fingerprint density at radius 1 is 1.32 bits per heavy atom. The minimum atomic E-state index is -0.714. The molecule has 0 radical (unpaired) electrons. The second-order valence-corrected chi connectivity index (χ2v) is 9.28. The van der Waals surface area contributed by atoms with Crippen molar-refractivity contribution in [1.82, 2.24) is 14.7 Å². The van der Waals surface area contributed by atoms with E-state index in [1.54, 1.807) is 17.0 Å². The standard InChI is InChI=1S/C23H26N6O2/c1-13(14-3-5-16(26-2)6-4-14)28-18-9-21(23(28)31)27(11-18)12-19(25)22(30)29-17(10-24)7-15-8-20(15)29/h3-6,13,15,17-21H,7-9,11-12,25H2,1H3/t13-,15?,17+,18+,19+,20+,21+/m1/s1. The first-order valence-electron chi connectivity index (χ1n) is 10.9. The van der Waals surface area contributed by atoms with Crippen LogP contribution < -0.4 is 5.73 Å². The number of benzene rings is 1. The summed E-state index contributed by atoms with van der Waals surface area (Å²) in [7, 11) is 0. The molecule has 0 spiro atoms. The molecule has 31 heavy (non-hydrogen) atoms. The number of nitriles is 1. The fourth-order valence-electron chi connectivity index (χ4n) is 5.80. The van der Waals surface area contributed by atoms with Gasteiger partial charge >= 0.3 is 0 Å². The summed E-state index contributed by atoms with van der Waals surface area (Å²) in [6, 6.07) is 8.54. The normalized spacial score (nSPS) is 33.0. The van der Waals surface area contributed by atoms with Crippen molar-refractivity contribution in [1.29, 1.82) is 5.26 Å². The van der Waals surface area contributed by atoms with Crippen molar-refractivity contribution in [2.24, 2.45) is 11.7 Å². The second kappa shape index (κ2) is 7.33. The molecule has 8 nitrogen and oxygen atoms in total. The zero-order valence-corrected chi connectivity index (χ0v) is 17.5. The highest BCUT2D eigenvalue weighted by Gasteiger charge is 2.56. The predicted octanol–water partition coefficient (Wildman–Crippen LogP) is 1.42. The van der Waals surface area contributed by atoms with Crippen LogP contribution in [0.3, 0.4) is 0 Å². The van der Waals surface area contributed by atoms with E-state index in [-0.39, 0.29) is 42.0 Å². The third-order valence-electron chi connectivity index (χ3n) is 7.49. The van der Waals surface area contributed by atoms with Gasteiger partial charge in [-0.15, -0.1) is 0 Å². The van der Waals surface area contributed by atoms with Crippen LogP contribution in [0.25, 0.3) is 4.85 Å². The molecule has 2 amide bonds. The third kappa shape index (κ3) is 3.18. The Morgan fingerprint density at radius 3 is 2.71 bits per heavy atom. The quantitative estimate of drug-likeness (QED) is 0.730. The van der Waals surface area contributed by atoms with Crippen LogP contribution >= 0.6 is 0 Å². The predicted molar refractivity (Wildman–Crippen MR) is 112 cm³/mol. The van der Waals surface area contributed by atoms with Crippen LogP contribution in [-0.2, 0) is 9.59 Å². The van der Waals surface area contributed by atoms with Crippen molar-refractivity contribution in [3.63, 3.8) is 0 Å². The molecular weight excluding hydrogens is 392 g/mol. The molecule has 4 aliphatic rings. The van der Waals surface area contributed by atoms with E-state index >= 15 is 0 Å². The lowest BCUT2D eigenvalue weighted by atomic mass is 10.0. The van der Waals surface area contributed by atoms with Gasteiger partial charge in [0.2, 0.25) is 11.8 Å². The van der Waals surface area contributed by atoms with Gasteiger partial charge in [0, 0.05) is 25.2 Å². The Bertz CT molecular complexity index is 995. The maximum absolute atomic E-state index is 13.1. The van der Waals surface area contributed by atoms with E-state index in [2.05, 4.69) is 10.9 Å². The average molecular weight is 419 g/mol. The van der Waals surface area contributed by atoms with Crippen LogP contribution in [0.2, 0.25) is 0 Å². The molecular formula is C23H26N6O2. The summed E-state index contributed by atoms with van der Waals surface area (Å²) in [5, 5.41) is 9.35. The topological polar surface area (TPSA) is 98.0 Å². The van der Waals surface area contributed by atoms with E-state index in [1.807, 2.05) is 28.9 Å². The first kappa shape index (κ1) is 20.0. The van der Waals surface area contributed by atoms with Gasteiger partial charge in [-0.3, -0.25) is 14.5 Å². The zero-order valence-electron chi connectivity index (χ0n) is 17.5. The molecule has 1 saturated carbocycles. The number of fused-ring (bicyclic) bond motifs is 3. The van der Waals surface area contributed by atoms with Gasteiger partial charge in [-0.1, -0.05) is 24.3 Å². The third-order valence-corrected chi connectivity index (χ3v) is 7.49. The van der Waals surface area contributed by atoms with Gasteiger partial charge in [0.1, 0.15) is 6.04 Å². The van der Waals surface area contributed by atoms with Crippen LogP contribution in [0, 0.1) is 23.8 Å². The number of carbonyl (C=O) groups is 2. The molecule has 3 aliphatic heterocycles. The van der Waals surface area contributed by atoms with E-state index in [1.165, 1.54) is 0 Å². The van der Waals surface area contributed by atoms with Gasteiger partial charge in [-0.05, 0) is 37.7 Å². The number of piperidine rings is 1. The van der Waals surface area contributed by atoms with Crippen molar-refractivity contribution in [2.45, 2.75) is 62.4 Å². The highest BCUT2D eigenvalue weighted by Crippen LogP contribution is 2.48. The maximum Gasteiger partial charge on any atom is 0.242 e. The second-order valence-electron chi connectivity index (χ2n) is 9.28. The van der Waals surface area contributed by atoms with E-state index in [9.17, 15) is 14.9 Å². The zero-order chi connectivity index (χ0) is 21.9. The first-order chi connectivity index (χ1) is 14.9. The molecule has 2 N–H and O–H groups in total. The molecule has 4 fully saturated rings. The molecule has 5 rings (SSSR count). The van der Waals surface area contributed by atoms with Crippen LogP contribution in [0.5, 0.6) is 0 Å². The number of hydrogen-bond donors (Lipinski definition) is 1. The Hall–Kier alpha value is -2.94. The summed E-state index contributed by atoms with van der Waals surface area (Å²) in [5.74, 6) is 0.386. The molecule has 7 atom stereocenters. The largest absolute Gasteiger partial charge is 0.330 e. The number of piperazine rings is 1. The van der Waals surface area contributed by atoms with Gasteiger partial charge in [0.25, 0.3) is 0 Å². The summed E-state index contributed by atoms with van der Waals surface area (Å²) in [6.45, 7) is 10.2. The molecule has 1 aromatic carbocycles. The van der Waals surface area contributed by atoms with E-state index in [0.717, 1.165) is 24.8 Å². The average Bonchev–Trinajstić information content (AvgIpc) is 3.11. The molecule has 1 aliphatic carbocycles. The van der Waals surface area contributed by atoms with E-state index < -0.39 is 6.04 Å². The van der Waals surface area contributed by atoms with Crippen molar-refractivity contribution in [3.8, 4) is 6.07 Å². The highest BCUT2D eigenvalue weighted by atomic mass is 16.2. The van der Waals surface area contributed by atoms with E-state index in [0.29, 0.717) is 24.7 Å². The molecule has 3 heterocycles. The molecule has 2 bridgehead atoms. The summed E-state index contributed by atoms with van der Waals surface area (Å²) in [5.41, 5.74) is 7.88. The van der Waals surface area contributed by atoms with Crippen molar-refractivity contribution in [3.05, 3.63) is 41.2 Å². The number of hydrogen-bond acceptors (Lipinski definition) is 5. The molecule has 160 valence electrons. The number of likely N-dealkylation sites (tertiary alicyclic amines) is 3. The van der Waals surface area contributed by atoms with Gasteiger partial charge in [0.05, 0.1) is 30.8 Å². The lowest BCUT2D eigenvalue weighted by Gasteiger charge is -2.38. The van der Waals surface area contributed by atoms with Gasteiger partial charge in [0.15, 0.2) is 5.69 Å². The maximum atomic E-state index is 13.1. The molecule has 0 aromatic heterocycles.